The summed E-state index contributed by atoms with van der Waals surface area (Å²) in [5, 5.41) is 12.1. The van der Waals surface area contributed by atoms with Gasteiger partial charge in [-0.2, -0.15) is 5.10 Å². The second-order valence-electron chi connectivity index (χ2n) is 7.06. The third kappa shape index (κ3) is 4.71. The monoisotopic (exact) mass is 408 g/mol. The van der Waals surface area contributed by atoms with Crippen LogP contribution in [0.2, 0.25) is 5.02 Å². The zero-order chi connectivity index (χ0) is 20.1. The summed E-state index contributed by atoms with van der Waals surface area (Å²) in [4.78, 5) is 6.75. The number of para-hydroxylation sites is 1. The van der Waals surface area contributed by atoms with Crippen LogP contribution in [0.5, 0.6) is 0 Å². The highest BCUT2D eigenvalue weighted by Gasteiger charge is 2.23. The molecule has 0 aliphatic carbocycles. The van der Waals surface area contributed by atoms with Crippen LogP contribution in [0.1, 0.15) is 12.0 Å². The molecule has 3 aromatic rings. The van der Waals surface area contributed by atoms with Gasteiger partial charge in [-0.1, -0.05) is 35.9 Å². The Morgan fingerprint density at radius 1 is 1.21 bits per heavy atom. The van der Waals surface area contributed by atoms with E-state index in [-0.39, 0.29) is 0 Å². The summed E-state index contributed by atoms with van der Waals surface area (Å²) in [7, 11) is 1.80. The predicted molar refractivity (Wildman–Crippen MR) is 119 cm³/mol. The Morgan fingerprint density at radius 2 is 2.10 bits per heavy atom. The number of hydrogen-bond donors (Lipinski definition) is 2. The van der Waals surface area contributed by atoms with Crippen molar-refractivity contribution in [2.45, 2.75) is 19.0 Å². The molecule has 0 spiro atoms. The van der Waals surface area contributed by atoms with E-state index in [1.165, 1.54) is 0 Å². The van der Waals surface area contributed by atoms with Gasteiger partial charge in [-0.3, -0.25) is 4.99 Å². The van der Waals surface area contributed by atoms with Crippen LogP contribution in [0.3, 0.4) is 0 Å². The lowest BCUT2D eigenvalue weighted by Crippen LogP contribution is -2.44. The average Bonchev–Trinajstić information content (AvgIpc) is 3.43. The second-order valence-corrected chi connectivity index (χ2v) is 7.50. The van der Waals surface area contributed by atoms with E-state index in [0.29, 0.717) is 12.6 Å². The largest absolute Gasteiger partial charge is 0.369 e. The normalized spacial score (nSPS) is 16.8. The molecule has 2 heterocycles. The first kappa shape index (κ1) is 19.3. The minimum Gasteiger partial charge on any atom is -0.369 e. The second kappa shape index (κ2) is 9.01. The zero-order valence-electron chi connectivity index (χ0n) is 16.4. The number of anilines is 1. The molecule has 1 unspecified atom stereocenters. The van der Waals surface area contributed by atoms with E-state index in [2.05, 4.69) is 43.8 Å². The van der Waals surface area contributed by atoms with Gasteiger partial charge >= 0.3 is 0 Å². The van der Waals surface area contributed by atoms with Crippen LogP contribution in [0.15, 0.2) is 72.0 Å². The molecule has 0 bridgehead atoms. The topological polar surface area (TPSA) is 57.5 Å². The van der Waals surface area contributed by atoms with Crippen molar-refractivity contribution in [2.75, 3.05) is 25.0 Å². The maximum atomic E-state index is 6.14. The molecule has 7 heteroatoms. The number of rotatable bonds is 5. The quantitative estimate of drug-likeness (QED) is 0.501. The molecule has 4 rings (SSSR count). The first-order chi connectivity index (χ1) is 14.2. The van der Waals surface area contributed by atoms with Crippen LogP contribution in [-0.4, -0.2) is 41.9 Å². The Kier molecular flexibility index (Phi) is 6.00. The van der Waals surface area contributed by atoms with Gasteiger partial charge in [0.15, 0.2) is 5.96 Å². The molecule has 150 valence electrons. The third-order valence-corrected chi connectivity index (χ3v) is 5.35. The van der Waals surface area contributed by atoms with E-state index in [9.17, 15) is 0 Å². The fourth-order valence-corrected chi connectivity index (χ4v) is 3.83. The van der Waals surface area contributed by atoms with Gasteiger partial charge in [0.2, 0.25) is 0 Å². The Balaban J connectivity index is 1.36. The van der Waals surface area contributed by atoms with Gasteiger partial charge in [0.1, 0.15) is 0 Å². The molecule has 2 aromatic carbocycles. The number of aromatic nitrogens is 2. The minimum atomic E-state index is 0.335. The van der Waals surface area contributed by atoms with Crippen molar-refractivity contribution in [3.63, 3.8) is 0 Å². The van der Waals surface area contributed by atoms with Gasteiger partial charge in [-0.05, 0) is 42.3 Å². The average molecular weight is 409 g/mol. The maximum absolute atomic E-state index is 6.14. The van der Waals surface area contributed by atoms with E-state index in [1.54, 1.807) is 13.2 Å². The first-order valence-electron chi connectivity index (χ1n) is 9.78. The fraction of sp³-hybridized carbons (Fsp3) is 0.273. The van der Waals surface area contributed by atoms with Gasteiger partial charge in [0, 0.05) is 55.8 Å². The smallest absolute Gasteiger partial charge is 0.191 e. The molecule has 6 nitrogen and oxygen atoms in total. The highest BCUT2D eigenvalue weighted by Crippen LogP contribution is 2.23. The number of guanidine groups is 1. The van der Waals surface area contributed by atoms with Crippen molar-refractivity contribution in [1.82, 2.24) is 20.4 Å². The summed E-state index contributed by atoms with van der Waals surface area (Å²) in [6.07, 6.45) is 4.79. The summed E-state index contributed by atoms with van der Waals surface area (Å²) >= 11 is 6.14. The lowest BCUT2D eigenvalue weighted by molar-refractivity contribution is 0.648. The molecule has 1 aliphatic rings. The molecule has 0 radical (unpaired) electrons. The van der Waals surface area contributed by atoms with Gasteiger partial charge in [-0.25, -0.2) is 4.68 Å². The number of nitrogens with one attached hydrogen (secondary N) is 2. The lowest BCUT2D eigenvalue weighted by atomic mass is 10.2. The van der Waals surface area contributed by atoms with Crippen LogP contribution in [0.4, 0.5) is 5.69 Å². The van der Waals surface area contributed by atoms with Crippen molar-refractivity contribution < 1.29 is 0 Å². The van der Waals surface area contributed by atoms with Crippen molar-refractivity contribution in [2.24, 2.45) is 4.99 Å². The molecule has 2 N–H and O–H groups in total. The van der Waals surface area contributed by atoms with E-state index in [0.717, 1.165) is 47.4 Å². The summed E-state index contributed by atoms with van der Waals surface area (Å²) in [5.41, 5.74) is 3.39. The molecule has 1 aliphatic heterocycles. The van der Waals surface area contributed by atoms with Gasteiger partial charge in [-0.15, -0.1) is 0 Å². The van der Waals surface area contributed by atoms with Crippen molar-refractivity contribution >= 4 is 23.2 Å². The SMILES string of the molecule is CN=C(NCc1ccccc1-n1cccn1)NC1CCN(c2cccc(Cl)c2)C1. The summed E-state index contributed by atoms with van der Waals surface area (Å²) in [6, 6.07) is 18.5. The van der Waals surface area contributed by atoms with Crippen LogP contribution in [0.25, 0.3) is 5.69 Å². The molecular formula is C22H25ClN6. The van der Waals surface area contributed by atoms with Crippen LogP contribution in [-0.2, 0) is 6.54 Å². The standard InChI is InChI=1S/C22H25ClN6/c1-24-22(25-15-17-6-2-3-9-21(17)29-12-5-11-26-29)27-19-10-13-28(16-19)20-8-4-7-18(23)14-20/h2-9,11-12,14,19H,10,13,15-16H2,1H3,(H2,24,25,27). The minimum absolute atomic E-state index is 0.335. The van der Waals surface area contributed by atoms with Crippen LogP contribution in [0, 0.1) is 0 Å². The molecule has 1 fully saturated rings. The Labute approximate surface area is 176 Å². The van der Waals surface area contributed by atoms with E-state index in [4.69, 9.17) is 11.6 Å². The van der Waals surface area contributed by atoms with Crippen molar-refractivity contribution in [3.05, 3.63) is 77.6 Å². The highest BCUT2D eigenvalue weighted by molar-refractivity contribution is 6.30. The zero-order valence-corrected chi connectivity index (χ0v) is 17.2. The third-order valence-electron chi connectivity index (χ3n) is 5.12. The molecule has 0 amide bonds. The summed E-state index contributed by atoms with van der Waals surface area (Å²) < 4.78 is 1.88. The first-order valence-corrected chi connectivity index (χ1v) is 10.2. The summed E-state index contributed by atoms with van der Waals surface area (Å²) in [6.45, 7) is 2.59. The number of nitrogens with zero attached hydrogens (tertiary/aromatic N) is 4. The number of aliphatic imine (C=N–C) groups is 1. The molecule has 1 atom stereocenters. The molecular weight excluding hydrogens is 384 g/mol. The molecule has 1 aromatic heterocycles. The lowest BCUT2D eigenvalue weighted by Gasteiger charge is -2.21. The Hall–Kier alpha value is -2.99. The van der Waals surface area contributed by atoms with Gasteiger partial charge in [0.25, 0.3) is 0 Å². The molecule has 29 heavy (non-hydrogen) atoms. The highest BCUT2D eigenvalue weighted by atomic mass is 35.5. The van der Waals surface area contributed by atoms with Gasteiger partial charge < -0.3 is 15.5 Å². The molecule has 0 saturated carbocycles. The fourth-order valence-electron chi connectivity index (χ4n) is 3.65. The predicted octanol–water partition coefficient (Wildman–Crippen LogP) is 3.47. The number of benzene rings is 2. The van der Waals surface area contributed by atoms with Crippen molar-refractivity contribution in [1.29, 1.82) is 0 Å². The van der Waals surface area contributed by atoms with E-state index >= 15 is 0 Å². The van der Waals surface area contributed by atoms with Crippen LogP contribution >= 0.6 is 11.6 Å². The number of halogens is 1. The number of hydrogen-bond acceptors (Lipinski definition) is 3. The van der Waals surface area contributed by atoms with E-state index < -0.39 is 0 Å². The van der Waals surface area contributed by atoms with Crippen LogP contribution < -0.4 is 15.5 Å². The van der Waals surface area contributed by atoms with Gasteiger partial charge in [0.05, 0.1) is 5.69 Å². The summed E-state index contributed by atoms with van der Waals surface area (Å²) in [5.74, 6) is 0.804. The van der Waals surface area contributed by atoms with Crippen molar-refractivity contribution in [3.8, 4) is 5.69 Å². The Morgan fingerprint density at radius 3 is 2.90 bits per heavy atom. The molecule has 1 saturated heterocycles. The van der Waals surface area contributed by atoms with E-state index in [1.807, 2.05) is 47.3 Å². The Bertz CT molecular complexity index is 969. The maximum Gasteiger partial charge on any atom is 0.191 e.